The molecule has 1 N–H and O–H groups in total. The van der Waals surface area contributed by atoms with Crippen LogP contribution in [0.25, 0.3) is 10.8 Å². The van der Waals surface area contributed by atoms with E-state index in [2.05, 4.69) is 17.2 Å². The van der Waals surface area contributed by atoms with E-state index in [1.807, 2.05) is 46.3 Å². The molecule has 2 saturated heterocycles. The number of fused-ring (bicyclic) bond motifs is 3. The number of pyridine rings is 1. The van der Waals surface area contributed by atoms with E-state index >= 15 is 0 Å². The Morgan fingerprint density at radius 2 is 1.95 bits per heavy atom. The van der Waals surface area contributed by atoms with Gasteiger partial charge in [0, 0.05) is 72.9 Å². The fourth-order valence-corrected chi connectivity index (χ4v) is 6.75. The SMILES string of the molecule is CCNC[C@@H]1CN(c2cncc3ccccc23)C(=O)[C@]12CN(CC1CCOCC1)C(=O)c1ccc(Cl)cc12. The predicted octanol–water partition coefficient (Wildman–Crippen LogP) is 4.28. The summed E-state index contributed by atoms with van der Waals surface area (Å²) in [6.45, 7) is 6.46. The van der Waals surface area contributed by atoms with Gasteiger partial charge in [0.1, 0.15) is 0 Å². The highest BCUT2D eigenvalue weighted by Gasteiger charge is 2.59. The monoisotopic (exact) mass is 532 g/mol. The van der Waals surface area contributed by atoms with Crippen LogP contribution in [0.2, 0.25) is 5.02 Å². The second kappa shape index (κ2) is 10.3. The smallest absolute Gasteiger partial charge is 0.254 e. The molecule has 0 radical (unpaired) electrons. The van der Waals surface area contributed by atoms with Crippen molar-refractivity contribution in [3.05, 3.63) is 71.0 Å². The minimum atomic E-state index is -0.904. The lowest BCUT2D eigenvalue weighted by atomic mass is 9.67. The van der Waals surface area contributed by atoms with Crippen molar-refractivity contribution in [2.75, 3.05) is 50.8 Å². The van der Waals surface area contributed by atoms with Crippen molar-refractivity contribution in [1.82, 2.24) is 15.2 Å². The molecule has 4 heterocycles. The number of hydrogen-bond acceptors (Lipinski definition) is 5. The van der Waals surface area contributed by atoms with Crippen molar-refractivity contribution in [2.45, 2.75) is 25.2 Å². The van der Waals surface area contributed by atoms with E-state index in [-0.39, 0.29) is 17.7 Å². The van der Waals surface area contributed by atoms with Crippen LogP contribution in [0, 0.1) is 11.8 Å². The molecular weight excluding hydrogens is 500 g/mol. The second-order valence-electron chi connectivity index (χ2n) is 10.7. The quantitative estimate of drug-likeness (QED) is 0.513. The first kappa shape index (κ1) is 25.3. The molecule has 198 valence electrons. The first-order valence-corrected chi connectivity index (χ1v) is 13.9. The molecule has 0 saturated carbocycles. The fourth-order valence-electron chi connectivity index (χ4n) is 6.58. The summed E-state index contributed by atoms with van der Waals surface area (Å²) in [7, 11) is 0. The lowest BCUT2D eigenvalue weighted by Gasteiger charge is -2.44. The number of hydrogen-bond donors (Lipinski definition) is 1. The maximum absolute atomic E-state index is 14.8. The molecule has 3 aliphatic rings. The third kappa shape index (κ3) is 4.17. The fraction of sp³-hybridized carbons (Fsp3) is 0.433. The molecule has 38 heavy (non-hydrogen) atoms. The van der Waals surface area contributed by atoms with Gasteiger partial charge >= 0.3 is 0 Å². The summed E-state index contributed by atoms with van der Waals surface area (Å²) in [6, 6.07) is 13.4. The van der Waals surface area contributed by atoms with E-state index in [1.54, 1.807) is 18.3 Å². The van der Waals surface area contributed by atoms with Crippen molar-refractivity contribution in [1.29, 1.82) is 0 Å². The molecule has 0 aliphatic carbocycles. The molecule has 1 spiro atoms. The highest BCUT2D eigenvalue weighted by atomic mass is 35.5. The number of benzene rings is 2. The average molecular weight is 533 g/mol. The van der Waals surface area contributed by atoms with Crippen LogP contribution in [-0.2, 0) is 14.9 Å². The third-order valence-corrected chi connectivity index (χ3v) is 8.78. The number of nitrogens with one attached hydrogen (secondary N) is 1. The van der Waals surface area contributed by atoms with E-state index in [1.165, 1.54) is 0 Å². The number of carbonyl (C=O) groups excluding carboxylic acids is 2. The maximum atomic E-state index is 14.8. The van der Waals surface area contributed by atoms with Crippen molar-refractivity contribution in [3.8, 4) is 0 Å². The zero-order valence-corrected chi connectivity index (χ0v) is 22.4. The summed E-state index contributed by atoms with van der Waals surface area (Å²) >= 11 is 6.52. The third-order valence-electron chi connectivity index (χ3n) is 8.54. The lowest BCUT2D eigenvalue weighted by Crippen LogP contribution is -2.58. The molecule has 8 heteroatoms. The molecule has 2 atom stereocenters. The molecule has 2 amide bonds. The van der Waals surface area contributed by atoms with Crippen LogP contribution in [-0.4, -0.2) is 67.6 Å². The van der Waals surface area contributed by atoms with Crippen LogP contribution >= 0.6 is 11.6 Å². The number of ether oxygens (including phenoxy) is 1. The zero-order chi connectivity index (χ0) is 26.3. The number of carbonyl (C=O) groups is 2. The lowest BCUT2D eigenvalue weighted by molar-refractivity contribution is -0.123. The number of amides is 2. The number of halogens is 1. The van der Waals surface area contributed by atoms with Crippen LogP contribution in [0.15, 0.2) is 54.9 Å². The molecule has 6 rings (SSSR count). The van der Waals surface area contributed by atoms with Gasteiger partial charge in [-0.1, -0.05) is 42.8 Å². The van der Waals surface area contributed by atoms with E-state index in [4.69, 9.17) is 16.3 Å². The summed E-state index contributed by atoms with van der Waals surface area (Å²) in [5.74, 6) is 0.290. The minimum Gasteiger partial charge on any atom is -0.381 e. The van der Waals surface area contributed by atoms with Crippen molar-refractivity contribution < 1.29 is 14.3 Å². The highest BCUT2D eigenvalue weighted by molar-refractivity contribution is 6.31. The van der Waals surface area contributed by atoms with E-state index in [9.17, 15) is 9.59 Å². The van der Waals surface area contributed by atoms with Crippen LogP contribution in [0.4, 0.5) is 5.69 Å². The maximum Gasteiger partial charge on any atom is 0.254 e. The normalized spacial score (nSPS) is 24.0. The number of aromatic nitrogens is 1. The first-order valence-electron chi connectivity index (χ1n) is 13.6. The first-order chi connectivity index (χ1) is 18.5. The van der Waals surface area contributed by atoms with Crippen molar-refractivity contribution >= 4 is 39.9 Å². The average Bonchev–Trinajstić information content (AvgIpc) is 3.21. The molecule has 0 unspecified atom stereocenters. The van der Waals surface area contributed by atoms with Gasteiger partial charge in [-0.15, -0.1) is 0 Å². The Balaban J connectivity index is 1.48. The van der Waals surface area contributed by atoms with Crippen molar-refractivity contribution in [3.63, 3.8) is 0 Å². The molecule has 3 aromatic rings. The van der Waals surface area contributed by atoms with E-state index in [0.29, 0.717) is 55.9 Å². The second-order valence-corrected chi connectivity index (χ2v) is 11.1. The van der Waals surface area contributed by atoms with Crippen molar-refractivity contribution in [2.24, 2.45) is 11.8 Å². The standard InChI is InChI=1S/C30H33ClN4O3/c1-2-32-15-22-18-35(27-16-33-14-21-5-3-4-6-24(21)27)29(37)30(22)19-34(17-20-9-11-38-12-10-20)28(36)25-8-7-23(31)13-26(25)30/h3-8,13-14,16,20,22,32H,2,9-12,15,17-19H2,1H3/t22-,30-/m1/s1. The molecule has 7 nitrogen and oxygen atoms in total. The molecule has 2 fully saturated rings. The Morgan fingerprint density at radius 1 is 1.13 bits per heavy atom. The summed E-state index contributed by atoms with van der Waals surface area (Å²) in [4.78, 5) is 36.9. The van der Waals surface area contributed by atoms with Gasteiger partial charge in [0.2, 0.25) is 5.91 Å². The van der Waals surface area contributed by atoms with Gasteiger partial charge in [0.15, 0.2) is 0 Å². The van der Waals surface area contributed by atoms with Gasteiger partial charge in [-0.25, -0.2) is 0 Å². The van der Waals surface area contributed by atoms with Crippen LogP contribution < -0.4 is 10.2 Å². The van der Waals surface area contributed by atoms with Gasteiger partial charge in [0.05, 0.1) is 17.3 Å². The Kier molecular flexibility index (Phi) is 6.84. The largest absolute Gasteiger partial charge is 0.381 e. The number of anilines is 1. The van der Waals surface area contributed by atoms with Gasteiger partial charge in [-0.2, -0.15) is 0 Å². The van der Waals surface area contributed by atoms with E-state index in [0.717, 1.165) is 41.4 Å². The Bertz CT molecular complexity index is 1370. The highest BCUT2D eigenvalue weighted by Crippen LogP contribution is 2.48. The van der Waals surface area contributed by atoms with Gasteiger partial charge in [-0.05, 0) is 49.1 Å². The van der Waals surface area contributed by atoms with Gasteiger partial charge in [-0.3, -0.25) is 14.6 Å². The van der Waals surface area contributed by atoms with Gasteiger partial charge < -0.3 is 19.9 Å². The van der Waals surface area contributed by atoms with Gasteiger partial charge in [0.25, 0.3) is 5.91 Å². The Labute approximate surface area is 228 Å². The minimum absolute atomic E-state index is 0.00607. The summed E-state index contributed by atoms with van der Waals surface area (Å²) in [5.41, 5.74) is 1.24. The van der Waals surface area contributed by atoms with Crippen LogP contribution in [0.3, 0.4) is 0 Å². The van der Waals surface area contributed by atoms with Crippen LogP contribution in [0.1, 0.15) is 35.7 Å². The summed E-state index contributed by atoms with van der Waals surface area (Å²) < 4.78 is 5.56. The Hall–Kier alpha value is -3.00. The molecular formula is C30H33ClN4O3. The molecule has 2 aromatic carbocycles. The topological polar surface area (TPSA) is 74.8 Å². The molecule has 3 aliphatic heterocycles. The number of rotatable bonds is 6. The van der Waals surface area contributed by atoms with E-state index < -0.39 is 5.41 Å². The predicted molar refractivity (Wildman–Crippen MR) is 149 cm³/mol. The zero-order valence-electron chi connectivity index (χ0n) is 21.7. The Morgan fingerprint density at radius 3 is 2.76 bits per heavy atom. The summed E-state index contributed by atoms with van der Waals surface area (Å²) in [6.07, 6.45) is 5.46. The molecule has 0 bridgehead atoms. The summed E-state index contributed by atoms with van der Waals surface area (Å²) in [5, 5.41) is 6.02. The molecule has 1 aromatic heterocycles. The number of nitrogens with zero attached hydrogens (tertiary/aromatic N) is 3. The van der Waals surface area contributed by atoms with Crippen LogP contribution in [0.5, 0.6) is 0 Å².